The summed E-state index contributed by atoms with van der Waals surface area (Å²) in [6.45, 7) is 9.09. The van der Waals surface area contributed by atoms with Crippen LogP contribution < -0.4 is 10.6 Å². The summed E-state index contributed by atoms with van der Waals surface area (Å²) in [5.74, 6) is -0.0442. The quantitative estimate of drug-likeness (QED) is 0.213. The van der Waals surface area contributed by atoms with Crippen molar-refractivity contribution in [2.45, 2.75) is 32.2 Å². The van der Waals surface area contributed by atoms with Gasteiger partial charge in [0, 0.05) is 35.2 Å². The Bertz CT molecular complexity index is 1390. The SMILES string of the molecule is CCN(CC)Cc1ccc(C)c(NC(=O)c2ccc(Nc3ncc(SC)c(-c4ccc(F)cc4)n3)cc2)c1. The molecular weight excluding hydrogens is 497 g/mol. The molecule has 0 aliphatic heterocycles. The molecule has 1 aromatic heterocycles. The molecule has 3 aromatic carbocycles. The maximum Gasteiger partial charge on any atom is 0.255 e. The molecule has 0 spiro atoms. The number of aryl methyl sites for hydroxylation is 1. The van der Waals surface area contributed by atoms with Crippen LogP contribution >= 0.6 is 11.8 Å². The number of amides is 1. The van der Waals surface area contributed by atoms with E-state index in [-0.39, 0.29) is 11.7 Å². The Labute approximate surface area is 227 Å². The van der Waals surface area contributed by atoms with Crippen LogP contribution in [0.5, 0.6) is 0 Å². The molecule has 4 rings (SSSR count). The lowest BCUT2D eigenvalue weighted by atomic mass is 10.1. The van der Waals surface area contributed by atoms with E-state index >= 15 is 0 Å². The molecular formula is C30H32FN5OS. The molecule has 0 atom stereocenters. The molecule has 0 aliphatic rings. The Morgan fingerprint density at radius 2 is 1.71 bits per heavy atom. The first-order valence-electron chi connectivity index (χ1n) is 12.6. The average molecular weight is 530 g/mol. The highest BCUT2D eigenvalue weighted by Gasteiger charge is 2.12. The van der Waals surface area contributed by atoms with Crippen LogP contribution in [0.1, 0.15) is 35.3 Å². The molecule has 2 N–H and O–H groups in total. The minimum Gasteiger partial charge on any atom is -0.324 e. The number of nitrogens with zero attached hydrogens (tertiary/aromatic N) is 3. The second kappa shape index (κ2) is 12.7. The van der Waals surface area contributed by atoms with Gasteiger partial charge >= 0.3 is 0 Å². The van der Waals surface area contributed by atoms with Crippen LogP contribution in [-0.4, -0.2) is 40.1 Å². The smallest absolute Gasteiger partial charge is 0.255 e. The highest BCUT2D eigenvalue weighted by atomic mass is 32.2. The van der Waals surface area contributed by atoms with Gasteiger partial charge in [-0.1, -0.05) is 26.0 Å². The third-order valence-electron chi connectivity index (χ3n) is 6.35. The predicted molar refractivity (Wildman–Crippen MR) is 155 cm³/mol. The van der Waals surface area contributed by atoms with Crippen molar-refractivity contribution in [2.24, 2.45) is 0 Å². The van der Waals surface area contributed by atoms with E-state index in [0.717, 1.165) is 52.7 Å². The lowest BCUT2D eigenvalue weighted by Crippen LogP contribution is -2.22. The molecule has 0 fully saturated rings. The average Bonchev–Trinajstić information content (AvgIpc) is 2.94. The fourth-order valence-electron chi connectivity index (χ4n) is 4.03. The molecule has 1 amide bonds. The number of halogens is 1. The van der Waals surface area contributed by atoms with Gasteiger partial charge in [0.25, 0.3) is 5.91 Å². The summed E-state index contributed by atoms with van der Waals surface area (Å²) in [5, 5.41) is 6.25. The zero-order chi connectivity index (χ0) is 27.1. The molecule has 0 saturated heterocycles. The molecule has 196 valence electrons. The van der Waals surface area contributed by atoms with Crippen LogP contribution in [0.15, 0.2) is 77.8 Å². The number of aromatic nitrogens is 2. The summed E-state index contributed by atoms with van der Waals surface area (Å²) in [4.78, 5) is 25.3. The largest absolute Gasteiger partial charge is 0.324 e. The second-order valence-electron chi connectivity index (χ2n) is 8.88. The molecule has 6 nitrogen and oxygen atoms in total. The van der Waals surface area contributed by atoms with Gasteiger partial charge in [0.2, 0.25) is 5.95 Å². The van der Waals surface area contributed by atoms with Crippen LogP contribution in [-0.2, 0) is 6.54 Å². The minimum absolute atomic E-state index is 0.168. The van der Waals surface area contributed by atoms with E-state index in [1.807, 2.05) is 31.4 Å². The van der Waals surface area contributed by atoms with Crippen LogP contribution in [0.4, 0.5) is 21.7 Å². The third-order valence-corrected chi connectivity index (χ3v) is 7.09. The maximum absolute atomic E-state index is 13.4. The summed E-state index contributed by atoms with van der Waals surface area (Å²) < 4.78 is 13.4. The molecule has 4 aromatic rings. The summed E-state index contributed by atoms with van der Waals surface area (Å²) >= 11 is 1.53. The van der Waals surface area contributed by atoms with E-state index < -0.39 is 0 Å². The number of carbonyl (C=O) groups excluding carboxylic acids is 1. The number of nitrogens with one attached hydrogen (secondary N) is 2. The third kappa shape index (κ3) is 6.76. The van der Waals surface area contributed by atoms with E-state index in [0.29, 0.717) is 11.5 Å². The van der Waals surface area contributed by atoms with E-state index in [2.05, 4.69) is 51.5 Å². The van der Waals surface area contributed by atoms with Gasteiger partial charge < -0.3 is 10.6 Å². The molecule has 38 heavy (non-hydrogen) atoms. The first-order valence-corrected chi connectivity index (χ1v) is 13.8. The normalized spacial score (nSPS) is 11.0. The molecule has 8 heteroatoms. The first-order chi connectivity index (χ1) is 18.4. The van der Waals surface area contributed by atoms with Crippen molar-refractivity contribution in [3.63, 3.8) is 0 Å². The number of thioether (sulfide) groups is 1. The number of carbonyl (C=O) groups is 1. The topological polar surface area (TPSA) is 70.2 Å². The highest BCUT2D eigenvalue weighted by Crippen LogP contribution is 2.29. The number of anilines is 3. The van der Waals surface area contributed by atoms with Crippen LogP contribution in [0.25, 0.3) is 11.3 Å². The summed E-state index contributed by atoms with van der Waals surface area (Å²) in [6.07, 6.45) is 3.70. The summed E-state index contributed by atoms with van der Waals surface area (Å²) in [7, 11) is 0. The number of benzene rings is 3. The van der Waals surface area contributed by atoms with Crippen molar-refractivity contribution in [3.8, 4) is 11.3 Å². The lowest BCUT2D eigenvalue weighted by Gasteiger charge is -2.19. The second-order valence-corrected chi connectivity index (χ2v) is 9.73. The Kier molecular flexibility index (Phi) is 9.10. The number of rotatable bonds is 10. The first kappa shape index (κ1) is 27.3. The number of hydrogen-bond acceptors (Lipinski definition) is 6. The predicted octanol–water partition coefficient (Wildman–Crippen LogP) is 7.15. The van der Waals surface area contributed by atoms with Crippen molar-refractivity contribution in [1.82, 2.24) is 14.9 Å². The van der Waals surface area contributed by atoms with E-state index in [4.69, 9.17) is 0 Å². The lowest BCUT2D eigenvalue weighted by molar-refractivity contribution is 0.102. The van der Waals surface area contributed by atoms with Crippen molar-refractivity contribution in [3.05, 3.63) is 95.4 Å². The molecule has 0 radical (unpaired) electrons. The van der Waals surface area contributed by atoms with Crippen molar-refractivity contribution in [1.29, 1.82) is 0 Å². The molecule has 1 heterocycles. The Hall–Kier alpha value is -3.75. The fourth-order valence-corrected chi connectivity index (χ4v) is 4.55. The van der Waals surface area contributed by atoms with Gasteiger partial charge in [-0.25, -0.2) is 14.4 Å². The molecule has 0 unspecified atom stereocenters. The Morgan fingerprint density at radius 1 is 1.00 bits per heavy atom. The Morgan fingerprint density at radius 3 is 2.37 bits per heavy atom. The zero-order valence-corrected chi connectivity index (χ0v) is 22.9. The van der Waals surface area contributed by atoms with Crippen LogP contribution in [0, 0.1) is 12.7 Å². The van der Waals surface area contributed by atoms with Crippen LogP contribution in [0.3, 0.4) is 0 Å². The van der Waals surface area contributed by atoms with Crippen molar-refractivity contribution >= 4 is 35.0 Å². The summed E-state index contributed by atoms with van der Waals surface area (Å²) in [5.41, 5.74) is 5.84. The maximum atomic E-state index is 13.4. The standard InChI is InChI=1S/C30H32FN5OS/c1-5-36(6-2)19-21-8-7-20(3)26(17-21)34-29(37)23-11-15-25(16-12-23)33-30-32-18-27(38-4)28(35-30)22-9-13-24(31)14-10-22/h7-18H,5-6,19H2,1-4H3,(H,34,37)(H,32,33,35). The summed E-state index contributed by atoms with van der Waals surface area (Å²) in [6, 6.07) is 19.6. The highest BCUT2D eigenvalue weighted by molar-refractivity contribution is 7.98. The van der Waals surface area contributed by atoms with Crippen LogP contribution in [0.2, 0.25) is 0 Å². The van der Waals surface area contributed by atoms with Gasteiger partial charge in [0.05, 0.1) is 10.6 Å². The van der Waals surface area contributed by atoms with Gasteiger partial charge in [0.1, 0.15) is 5.82 Å². The van der Waals surface area contributed by atoms with Gasteiger partial charge in [-0.05, 0) is 92.0 Å². The zero-order valence-electron chi connectivity index (χ0n) is 22.1. The van der Waals surface area contributed by atoms with E-state index in [1.54, 1.807) is 30.5 Å². The monoisotopic (exact) mass is 529 g/mol. The molecule has 0 saturated carbocycles. The van der Waals surface area contributed by atoms with Gasteiger partial charge in [-0.3, -0.25) is 9.69 Å². The van der Waals surface area contributed by atoms with Crippen molar-refractivity contribution < 1.29 is 9.18 Å². The van der Waals surface area contributed by atoms with Gasteiger partial charge in [-0.2, -0.15) is 0 Å². The number of hydrogen-bond donors (Lipinski definition) is 2. The van der Waals surface area contributed by atoms with E-state index in [9.17, 15) is 9.18 Å². The van der Waals surface area contributed by atoms with Gasteiger partial charge in [-0.15, -0.1) is 11.8 Å². The minimum atomic E-state index is -0.293. The van der Waals surface area contributed by atoms with Crippen molar-refractivity contribution in [2.75, 3.05) is 30.0 Å². The van der Waals surface area contributed by atoms with E-state index in [1.165, 1.54) is 29.5 Å². The molecule has 0 bridgehead atoms. The Balaban J connectivity index is 1.46. The molecule has 0 aliphatic carbocycles. The van der Waals surface area contributed by atoms with Gasteiger partial charge in [0.15, 0.2) is 0 Å². The fraction of sp³-hybridized carbons (Fsp3) is 0.233.